The van der Waals surface area contributed by atoms with Gasteiger partial charge in [0.2, 0.25) is 0 Å². The number of carbonyl (C=O) groups is 1. The molecule has 0 fully saturated rings. The van der Waals surface area contributed by atoms with E-state index >= 15 is 0 Å². The van der Waals surface area contributed by atoms with Gasteiger partial charge in [0.25, 0.3) is 11.5 Å². The minimum Gasteiger partial charge on any atom is -0.496 e. The first kappa shape index (κ1) is 20.4. The fourth-order valence-electron chi connectivity index (χ4n) is 3.80. The highest BCUT2D eigenvalue weighted by molar-refractivity contribution is 5.98. The molecule has 33 heavy (non-hydrogen) atoms. The van der Waals surface area contributed by atoms with Crippen molar-refractivity contribution < 1.29 is 9.53 Å². The summed E-state index contributed by atoms with van der Waals surface area (Å²) in [5.41, 5.74) is 4.38. The van der Waals surface area contributed by atoms with Crippen LogP contribution in [0.2, 0.25) is 0 Å². The number of carbonyl (C=O) groups excluding carboxylic acids is 1. The number of benzene rings is 3. The predicted molar refractivity (Wildman–Crippen MR) is 125 cm³/mol. The van der Waals surface area contributed by atoms with Crippen LogP contribution >= 0.6 is 0 Å². The molecule has 2 heterocycles. The number of para-hydroxylation sites is 1. The van der Waals surface area contributed by atoms with Gasteiger partial charge in [-0.1, -0.05) is 48.0 Å². The summed E-state index contributed by atoms with van der Waals surface area (Å²) in [5, 5.41) is 10.6. The number of amides is 1. The number of hydrogen-bond acceptors (Lipinski definition) is 5. The topological polar surface area (TPSA) is 101 Å². The molecule has 2 aromatic heterocycles. The van der Waals surface area contributed by atoms with Gasteiger partial charge >= 0.3 is 0 Å². The predicted octanol–water partition coefficient (Wildman–Crippen LogP) is 3.48. The summed E-state index contributed by atoms with van der Waals surface area (Å²) in [6.07, 6.45) is 0. The monoisotopic (exact) mass is 439 g/mol. The van der Waals surface area contributed by atoms with Crippen LogP contribution in [0.3, 0.4) is 0 Å². The molecule has 8 nitrogen and oxygen atoms in total. The van der Waals surface area contributed by atoms with Crippen LogP contribution in [0.25, 0.3) is 27.8 Å². The van der Waals surface area contributed by atoms with E-state index in [1.807, 2.05) is 55.5 Å². The third kappa shape index (κ3) is 3.71. The van der Waals surface area contributed by atoms with Gasteiger partial charge in [-0.05, 0) is 31.2 Å². The maximum absolute atomic E-state index is 12.9. The van der Waals surface area contributed by atoms with Gasteiger partial charge in [-0.2, -0.15) is 10.1 Å². The third-order valence-corrected chi connectivity index (χ3v) is 5.58. The van der Waals surface area contributed by atoms with Crippen molar-refractivity contribution in [1.82, 2.24) is 25.1 Å². The number of nitrogens with one attached hydrogen (secondary N) is 2. The van der Waals surface area contributed by atoms with Gasteiger partial charge in [0.1, 0.15) is 11.4 Å². The van der Waals surface area contributed by atoms with E-state index in [0.29, 0.717) is 40.1 Å². The summed E-state index contributed by atoms with van der Waals surface area (Å²) in [7, 11) is 1.59. The lowest BCUT2D eigenvalue weighted by atomic mass is 10.1. The summed E-state index contributed by atoms with van der Waals surface area (Å²) < 4.78 is 6.97. The smallest absolute Gasteiger partial charge is 0.281 e. The summed E-state index contributed by atoms with van der Waals surface area (Å²) in [5.74, 6) is 0.441. The van der Waals surface area contributed by atoms with Crippen LogP contribution in [0.5, 0.6) is 5.75 Å². The summed E-state index contributed by atoms with van der Waals surface area (Å²) in [4.78, 5) is 29.8. The number of rotatable bonds is 5. The second-order valence-electron chi connectivity index (χ2n) is 7.73. The molecule has 0 radical (unpaired) electrons. The number of H-pyrrole nitrogens is 1. The molecule has 164 valence electrons. The number of aryl methyl sites for hydroxylation is 1. The van der Waals surface area contributed by atoms with E-state index in [1.165, 1.54) is 0 Å². The fraction of sp³-hybridized carbons (Fsp3) is 0.120. The fourth-order valence-corrected chi connectivity index (χ4v) is 3.80. The minimum atomic E-state index is -0.374. The first-order valence-corrected chi connectivity index (χ1v) is 10.4. The first-order chi connectivity index (χ1) is 16.0. The second kappa shape index (κ2) is 8.23. The Hall–Kier alpha value is -4.46. The molecule has 0 aliphatic heterocycles. The molecule has 0 saturated heterocycles. The second-order valence-corrected chi connectivity index (χ2v) is 7.73. The molecule has 0 aliphatic rings. The number of fused-ring (bicyclic) bond motifs is 3. The molecule has 2 N–H and O–H groups in total. The maximum Gasteiger partial charge on any atom is 0.281 e. The van der Waals surface area contributed by atoms with Gasteiger partial charge < -0.3 is 10.1 Å². The van der Waals surface area contributed by atoms with Crippen molar-refractivity contribution >= 4 is 22.5 Å². The van der Waals surface area contributed by atoms with E-state index in [2.05, 4.69) is 20.6 Å². The van der Waals surface area contributed by atoms with E-state index in [1.54, 1.807) is 29.8 Å². The van der Waals surface area contributed by atoms with Gasteiger partial charge in [0.15, 0.2) is 5.65 Å². The molecule has 0 spiro atoms. The molecule has 0 saturated carbocycles. The quantitative estimate of drug-likeness (QED) is 0.437. The lowest BCUT2D eigenvalue weighted by Crippen LogP contribution is -2.23. The summed E-state index contributed by atoms with van der Waals surface area (Å²) in [6, 6.07) is 20.2. The van der Waals surface area contributed by atoms with Gasteiger partial charge in [-0.15, -0.1) is 0 Å². The zero-order valence-electron chi connectivity index (χ0n) is 18.1. The highest BCUT2D eigenvalue weighted by Gasteiger charge is 2.16. The molecule has 5 rings (SSSR count). The zero-order valence-corrected chi connectivity index (χ0v) is 18.1. The van der Waals surface area contributed by atoms with Crippen molar-refractivity contribution in [1.29, 1.82) is 0 Å². The van der Waals surface area contributed by atoms with E-state index in [4.69, 9.17) is 4.74 Å². The van der Waals surface area contributed by atoms with Gasteiger partial charge in [-0.3, -0.25) is 9.59 Å². The Balaban J connectivity index is 1.52. The standard InChI is InChI=1S/C25H21N5O3/c1-15-7-9-16(10-8-15)22-23-27-25(32)19-12-11-17(13-20(19)30(23)29-28-22)24(31)26-14-18-5-3-4-6-21(18)33-2/h3-13,29H,14H2,1-2H3,(H,26,31). The van der Waals surface area contributed by atoms with Crippen LogP contribution in [0, 0.1) is 6.92 Å². The Morgan fingerprint density at radius 1 is 1.09 bits per heavy atom. The average Bonchev–Trinajstić information content (AvgIpc) is 3.27. The Kier molecular flexibility index (Phi) is 5.10. The summed E-state index contributed by atoms with van der Waals surface area (Å²) >= 11 is 0. The number of aromatic amines is 1. The van der Waals surface area contributed by atoms with E-state index in [9.17, 15) is 9.59 Å². The average molecular weight is 439 g/mol. The van der Waals surface area contributed by atoms with Crippen LogP contribution in [-0.2, 0) is 6.54 Å². The van der Waals surface area contributed by atoms with Crippen molar-refractivity contribution in [3.8, 4) is 17.0 Å². The van der Waals surface area contributed by atoms with Gasteiger partial charge in [0.05, 0.1) is 18.0 Å². The SMILES string of the molecule is COc1ccccc1CNC(=O)c1ccc2c(=O)nc3c(-c4ccc(C)cc4)n[nH]n3c2c1. The molecule has 0 atom stereocenters. The minimum absolute atomic E-state index is 0.265. The zero-order chi connectivity index (χ0) is 22.9. The van der Waals surface area contributed by atoms with E-state index in [0.717, 1.165) is 16.7 Å². The van der Waals surface area contributed by atoms with Crippen LogP contribution in [-0.4, -0.2) is 32.8 Å². The van der Waals surface area contributed by atoms with E-state index < -0.39 is 0 Å². The van der Waals surface area contributed by atoms with Crippen LogP contribution in [0.15, 0.2) is 71.5 Å². The van der Waals surface area contributed by atoms with Gasteiger partial charge in [-0.25, -0.2) is 9.73 Å². The molecule has 3 aromatic carbocycles. The third-order valence-electron chi connectivity index (χ3n) is 5.58. The largest absolute Gasteiger partial charge is 0.496 e. The molecule has 0 aliphatic carbocycles. The lowest BCUT2D eigenvalue weighted by molar-refractivity contribution is 0.0951. The molecule has 0 bridgehead atoms. The van der Waals surface area contributed by atoms with Crippen LogP contribution in [0.1, 0.15) is 21.5 Å². The summed E-state index contributed by atoms with van der Waals surface area (Å²) in [6.45, 7) is 2.32. The molecular weight excluding hydrogens is 418 g/mol. The number of aromatic nitrogens is 4. The molecule has 5 aromatic rings. The molecular formula is C25H21N5O3. The van der Waals surface area contributed by atoms with Crippen molar-refractivity contribution in [3.05, 3.63) is 93.8 Å². The normalized spacial score (nSPS) is 11.1. The lowest BCUT2D eigenvalue weighted by Gasteiger charge is -2.10. The van der Waals surface area contributed by atoms with E-state index in [-0.39, 0.29) is 11.5 Å². The Morgan fingerprint density at radius 2 is 1.88 bits per heavy atom. The number of methoxy groups -OCH3 is 1. The van der Waals surface area contributed by atoms with Gasteiger partial charge in [0, 0.05) is 23.2 Å². The van der Waals surface area contributed by atoms with Crippen molar-refractivity contribution in [2.45, 2.75) is 13.5 Å². The molecule has 0 unspecified atom stereocenters. The Labute approximate surface area is 188 Å². The highest BCUT2D eigenvalue weighted by Crippen LogP contribution is 2.23. The van der Waals surface area contributed by atoms with Crippen LogP contribution < -0.4 is 15.6 Å². The number of ether oxygens (including phenoxy) is 1. The van der Waals surface area contributed by atoms with Crippen LogP contribution in [0.4, 0.5) is 0 Å². The number of hydrogen-bond donors (Lipinski definition) is 2. The Morgan fingerprint density at radius 3 is 2.67 bits per heavy atom. The van der Waals surface area contributed by atoms with Crippen molar-refractivity contribution in [2.75, 3.05) is 7.11 Å². The van der Waals surface area contributed by atoms with Crippen molar-refractivity contribution in [3.63, 3.8) is 0 Å². The molecule has 8 heteroatoms. The van der Waals surface area contributed by atoms with Crippen molar-refractivity contribution in [2.24, 2.45) is 0 Å². The molecule has 1 amide bonds. The number of nitrogens with zero attached hydrogens (tertiary/aromatic N) is 3. The Bertz CT molecular complexity index is 1550. The maximum atomic E-state index is 12.9. The first-order valence-electron chi connectivity index (χ1n) is 10.4. The highest BCUT2D eigenvalue weighted by atomic mass is 16.5.